The lowest BCUT2D eigenvalue weighted by atomic mass is 10.0. The van der Waals surface area contributed by atoms with Crippen LogP contribution in [0.4, 0.5) is 14.5 Å². The van der Waals surface area contributed by atoms with Gasteiger partial charge in [-0.25, -0.2) is 8.78 Å². The summed E-state index contributed by atoms with van der Waals surface area (Å²) >= 11 is 0. The van der Waals surface area contributed by atoms with Crippen molar-refractivity contribution in [1.82, 2.24) is 5.32 Å². The second-order valence-electron chi connectivity index (χ2n) is 5.47. The van der Waals surface area contributed by atoms with E-state index in [1.54, 1.807) is 0 Å². The van der Waals surface area contributed by atoms with Gasteiger partial charge < -0.3 is 10.6 Å². The Morgan fingerprint density at radius 1 is 1.19 bits per heavy atom. The first-order valence-electron chi connectivity index (χ1n) is 7.44. The van der Waals surface area contributed by atoms with Gasteiger partial charge in [0.2, 0.25) is 0 Å². The van der Waals surface area contributed by atoms with Gasteiger partial charge in [0.25, 0.3) is 5.91 Å². The number of halogens is 2. The standard InChI is InChI=1S/C16H24F2N2O/c1-5-7-19-15-12(17)8-11(9-13(15)18)16(21)20-14(6-2)10(3)4/h8-10,14,19H,5-7H2,1-4H3,(H,20,21). The number of rotatable bonds is 7. The average molecular weight is 298 g/mol. The van der Waals surface area contributed by atoms with Crippen LogP contribution in [0.5, 0.6) is 0 Å². The van der Waals surface area contributed by atoms with E-state index in [-0.39, 0.29) is 23.2 Å². The topological polar surface area (TPSA) is 41.1 Å². The molecule has 1 rings (SSSR count). The summed E-state index contributed by atoms with van der Waals surface area (Å²) in [5.74, 6) is -1.67. The summed E-state index contributed by atoms with van der Waals surface area (Å²) in [6.45, 7) is 8.33. The van der Waals surface area contributed by atoms with Gasteiger partial charge in [-0.05, 0) is 30.9 Å². The predicted octanol–water partition coefficient (Wildman–Crippen LogP) is 3.95. The van der Waals surface area contributed by atoms with E-state index in [2.05, 4.69) is 10.6 Å². The van der Waals surface area contributed by atoms with Gasteiger partial charge in [-0.3, -0.25) is 4.79 Å². The second-order valence-corrected chi connectivity index (χ2v) is 5.47. The molecule has 0 aliphatic rings. The molecule has 1 unspecified atom stereocenters. The van der Waals surface area contributed by atoms with Crippen LogP contribution < -0.4 is 10.6 Å². The van der Waals surface area contributed by atoms with Crippen LogP contribution in [-0.2, 0) is 0 Å². The van der Waals surface area contributed by atoms with E-state index in [4.69, 9.17) is 0 Å². The third-order valence-electron chi connectivity index (χ3n) is 3.42. The molecule has 0 radical (unpaired) electrons. The number of benzene rings is 1. The number of nitrogens with one attached hydrogen (secondary N) is 2. The molecule has 0 saturated carbocycles. The molecule has 1 atom stereocenters. The molecule has 0 aliphatic carbocycles. The van der Waals surface area contributed by atoms with E-state index in [0.717, 1.165) is 25.0 Å². The maximum atomic E-state index is 13.9. The molecular weight excluding hydrogens is 274 g/mol. The zero-order valence-electron chi connectivity index (χ0n) is 13.1. The normalized spacial score (nSPS) is 12.3. The van der Waals surface area contributed by atoms with Crippen LogP contribution in [0.2, 0.25) is 0 Å². The molecule has 1 amide bonds. The van der Waals surface area contributed by atoms with E-state index in [9.17, 15) is 13.6 Å². The van der Waals surface area contributed by atoms with Gasteiger partial charge in [0, 0.05) is 18.2 Å². The monoisotopic (exact) mass is 298 g/mol. The third-order valence-corrected chi connectivity index (χ3v) is 3.42. The minimum absolute atomic E-state index is 0.00569. The largest absolute Gasteiger partial charge is 0.380 e. The summed E-state index contributed by atoms with van der Waals surface area (Å²) < 4.78 is 27.8. The fourth-order valence-electron chi connectivity index (χ4n) is 2.11. The van der Waals surface area contributed by atoms with Crippen LogP contribution in [-0.4, -0.2) is 18.5 Å². The van der Waals surface area contributed by atoms with E-state index in [1.165, 1.54) is 0 Å². The molecule has 21 heavy (non-hydrogen) atoms. The van der Waals surface area contributed by atoms with Gasteiger partial charge >= 0.3 is 0 Å². The molecule has 0 aromatic heterocycles. The number of hydrogen-bond acceptors (Lipinski definition) is 2. The van der Waals surface area contributed by atoms with Crippen LogP contribution >= 0.6 is 0 Å². The van der Waals surface area contributed by atoms with Crippen molar-refractivity contribution in [3.05, 3.63) is 29.3 Å². The number of amides is 1. The predicted molar refractivity (Wildman–Crippen MR) is 81.5 cm³/mol. The first-order valence-corrected chi connectivity index (χ1v) is 7.44. The molecular formula is C16H24F2N2O. The highest BCUT2D eigenvalue weighted by molar-refractivity contribution is 5.94. The molecule has 5 heteroatoms. The van der Waals surface area contributed by atoms with Crippen molar-refractivity contribution in [2.45, 2.75) is 46.6 Å². The summed E-state index contributed by atoms with van der Waals surface area (Å²) in [5, 5.41) is 5.49. The Bertz CT molecular complexity index is 466. The van der Waals surface area contributed by atoms with Gasteiger partial charge in [0.15, 0.2) is 0 Å². The minimum Gasteiger partial charge on any atom is -0.380 e. The number of hydrogen-bond donors (Lipinski definition) is 2. The molecule has 0 heterocycles. The summed E-state index contributed by atoms with van der Waals surface area (Å²) in [6.07, 6.45) is 1.53. The maximum absolute atomic E-state index is 13.9. The number of carbonyl (C=O) groups excluding carboxylic acids is 1. The van der Waals surface area contributed by atoms with Crippen LogP contribution in [0.1, 0.15) is 50.9 Å². The molecule has 2 N–H and O–H groups in total. The van der Waals surface area contributed by atoms with Crippen molar-refractivity contribution in [3.8, 4) is 0 Å². The molecule has 118 valence electrons. The molecule has 0 saturated heterocycles. The quantitative estimate of drug-likeness (QED) is 0.800. The van der Waals surface area contributed by atoms with Crippen LogP contribution in [0, 0.1) is 17.6 Å². The lowest BCUT2D eigenvalue weighted by Crippen LogP contribution is -2.38. The Hall–Kier alpha value is -1.65. The Kier molecular flexibility index (Phi) is 6.59. The second kappa shape index (κ2) is 7.96. The zero-order chi connectivity index (χ0) is 16.0. The molecule has 0 bridgehead atoms. The SMILES string of the molecule is CCCNc1c(F)cc(C(=O)NC(CC)C(C)C)cc1F. The van der Waals surface area contributed by atoms with Gasteiger partial charge in [-0.15, -0.1) is 0 Å². The van der Waals surface area contributed by atoms with Crippen molar-refractivity contribution in [3.63, 3.8) is 0 Å². The Morgan fingerprint density at radius 2 is 1.76 bits per heavy atom. The highest BCUT2D eigenvalue weighted by Gasteiger charge is 2.18. The van der Waals surface area contributed by atoms with Gasteiger partial charge in [-0.1, -0.05) is 27.7 Å². The fourth-order valence-corrected chi connectivity index (χ4v) is 2.11. The van der Waals surface area contributed by atoms with E-state index >= 15 is 0 Å². The average Bonchev–Trinajstić information content (AvgIpc) is 2.43. The molecule has 0 spiro atoms. The van der Waals surface area contributed by atoms with Crippen molar-refractivity contribution in [2.75, 3.05) is 11.9 Å². The highest BCUT2D eigenvalue weighted by Crippen LogP contribution is 2.21. The van der Waals surface area contributed by atoms with Crippen LogP contribution in [0.25, 0.3) is 0 Å². The van der Waals surface area contributed by atoms with Gasteiger partial charge in [0.05, 0.1) is 0 Å². The molecule has 1 aromatic carbocycles. The van der Waals surface area contributed by atoms with Gasteiger partial charge in [-0.2, -0.15) is 0 Å². The number of carbonyl (C=O) groups is 1. The fraction of sp³-hybridized carbons (Fsp3) is 0.562. The Labute approximate surface area is 125 Å². The summed E-state index contributed by atoms with van der Waals surface area (Å²) in [4.78, 5) is 12.1. The first-order chi connectivity index (χ1) is 9.90. The minimum atomic E-state index is -0.744. The van der Waals surface area contributed by atoms with Crippen molar-refractivity contribution in [2.24, 2.45) is 5.92 Å². The molecule has 0 fully saturated rings. The van der Waals surface area contributed by atoms with E-state index < -0.39 is 17.5 Å². The summed E-state index contributed by atoms with van der Waals surface area (Å²) in [5.41, 5.74) is -0.171. The maximum Gasteiger partial charge on any atom is 0.251 e. The smallest absolute Gasteiger partial charge is 0.251 e. The Morgan fingerprint density at radius 3 is 2.19 bits per heavy atom. The van der Waals surface area contributed by atoms with Crippen LogP contribution in [0.3, 0.4) is 0 Å². The summed E-state index contributed by atoms with van der Waals surface area (Å²) in [6, 6.07) is 2.13. The van der Waals surface area contributed by atoms with Crippen molar-refractivity contribution < 1.29 is 13.6 Å². The van der Waals surface area contributed by atoms with Crippen molar-refractivity contribution in [1.29, 1.82) is 0 Å². The lowest BCUT2D eigenvalue weighted by molar-refractivity contribution is 0.0923. The van der Waals surface area contributed by atoms with Crippen LogP contribution in [0.15, 0.2) is 12.1 Å². The summed E-state index contributed by atoms with van der Waals surface area (Å²) in [7, 11) is 0. The van der Waals surface area contributed by atoms with E-state index in [1.807, 2.05) is 27.7 Å². The Balaban J connectivity index is 2.91. The van der Waals surface area contributed by atoms with Gasteiger partial charge in [0.1, 0.15) is 17.3 Å². The molecule has 3 nitrogen and oxygen atoms in total. The van der Waals surface area contributed by atoms with E-state index in [0.29, 0.717) is 6.54 Å². The third kappa shape index (κ3) is 4.69. The molecule has 0 aliphatic heterocycles. The molecule has 1 aromatic rings. The number of anilines is 1. The highest BCUT2D eigenvalue weighted by atomic mass is 19.1. The van der Waals surface area contributed by atoms with Crippen molar-refractivity contribution >= 4 is 11.6 Å². The first kappa shape index (κ1) is 17.4. The zero-order valence-corrected chi connectivity index (χ0v) is 13.1. The lowest BCUT2D eigenvalue weighted by Gasteiger charge is -2.21.